The van der Waals surface area contributed by atoms with Crippen molar-refractivity contribution in [1.82, 2.24) is 5.32 Å². The van der Waals surface area contributed by atoms with Gasteiger partial charge < -0.3 is 30.5 Å². The van der Waals surface area contributed by atoms with Gasteiger partial charge in [0.05, 0.1) is 13.2 Å². The number of aromatic hydroxyl groups is 3. The average molecular weight is 690 g/mol. The number of benzene rings is 3. The Hall–Kier alpha value is -4.25. The summed E-state index contributed by atoms with van der Waals surface area (Å²) in [6, 6.07) is 18.9. The van der Waals surface area contributed by atoms with Crippen molar-refractivity contribution in [3.05, 3.63) is 89.0 Å². The first-order valence-corrected chi connectivity index (χ1v) is 18.9. The van der Waals surface area contributed by atoms with Crippen LogP contribution in [0.1, 0.15) is 86.5 Å². The lowest BCUT2D eigenvalue weighted by Crippen LogP contribution is -2.69. The molecule has 7 nitrogen and oxygen atoms in total. The van der Waals surface area contributed by atoms with Gasteiger partial charge in [0.25, 0.3) is 0 Å². The number of ketones is 1. The Morgan fingerprint density at radius 1 is 0.961 bits per heavy atom. The summed E-state index contributed by atoms with van der Waals surface area (Å²) in [5, 5.41) is 48.8. The quantitative estimate of drug-likeness (QED) is 0.0960. The second-order valence-electron chi connectivity index (χ2n) is 15.2. The zero-order valence-corrected chi connectivity index (χ0v) is 29.7. The summed E-state index contributed by atoms with van der Waals surface area (Å²) in [7, 11) is 1.53. The molecule has 0 unspecified atom stereocenters. The number of Topliss-reactive ketones (excluding diaryl/α,β-unsaturated/α-hetero) is 1. The number of carbonyl (C=O) groups is 1. The second kappa shape index (κ2) is 14.8. The Bertz CT molecular complexity index is 1830. The van der Waals surface area contributed by atoms with E-state index in [4.69, 9.17) is 4.74 Å². The van der Waals surface area contributed by atoms with Crippen molar-refractivity contribution < 1.29 is 30.0 Å². The van der Waals surface area contributed by atoms with Gasteiger partial charge in [-0.1, -0.05) is 93.0 Å². The molecule has 5 N–H and O–H groups in total. The van der Waals surface area contributed by atoms with Gasteiger partial charge in [0.15, 0.2) is 23.0 Å². The van der Waals surface area contributed by atoms with Gasteiger partial charge in [0.2, 0.25) is 0 Å². The molecular weight excluding hydrogens is 638 g/mol. The molecule has 0 aromatic heterocycles. The van der Waals surface area contributed by atoms with E-state index in [9.17, 15) is 25.2 Å². The molecule has 0 bridgehead atoms. The second-order valence-corrected chi connectivity index (χ2v) is 15.2. The fraction of sp³-hybridized carbons (Fsp3) is 0.477. The smallest absolute Gasteiger partial charge is 0.160 e. The van der Waals surface area contributed by atoms with Crippen molar-refractivity contribution in [2.24, 2.45) is 29.6 Å². The molecule has 51 heavy (non-hydrogen) atoms. The van der Waals surface area contributed by atoms with Crippen molar-refractivity contribution >= 4 is 11.9 Å². The average Bonchev–Trinajstić information content (AvgIpc) is 3.14. The monoisotopic (exact) mass is 689 g/mol. The number of carbonyl (C=O) groups excluding carboxylic acids is 1. The third-order valence-electron chi connectivity index (χ3n) is 12.5. The summed E-state index contributed by atoms with van der Waals surface area (Å²) in [6.07, 6.45) is 10.4. The van der Waals surface area contributed by atoms with Gasteiger partial charge in [-0.2, -0.15) is 0 Å². The van der Waals surface area contributed by atoms with Crippen LogP contribution in [-0.4, -0.2) is 52.0 Å². The number of allylic oxidation sites excluding steroid dienone is 1. The lowest BCUT2D eigenvalue weighted by molar-refractivity contribution is -0.133. The van der Waals surface area contributed by atoms with E-state index in [0.717, 1.165) is 60.8 Å². The van der Waals surface area contributed by atoms with E-state index in [0.29, 0.717) is 25.1 Å². The number of rotatable bonds is 8. The van der Waals surface area contributed by atoms with E-state index in [1.807, 2.05) is 36.4 Å². The molecule has 1 saturated carbocycles. The van der Waals surface area contributed by atoms with E-state index in [1.54, 1.807) is 18.2 Å². The fourth-order valence-corrected chi connectivity index (χ4v) is 10.1. The van der Waals surface area contributed by atoms with Gasteiger partial charge in [-0.25, -0.2) is 0 Å². The number of aliphatic hydroxyl groups excluding tert-OH is 1. The molecule has 4 aliphatic rings. The Balaban J connectivity index is 1.43. The van der Waals surface area contributed by atoms with Crippen molar-refractivity contribution in [2.75, 3.05) is 13.7 Å². The van der Waals surface area contributed by atoms with E-state index >= 15 is 0 Å². The minimum absolute atomic E-state index is 0.00764. The third-order valence-corrected chi connectivity index (χ3v) is 12.5. The molecule has 1 heterocycles. The molecule has 3 aliphatic carbocycles. The highest BCUT2D eigenvalue weighted by Crippen LogP contribution is 2.59. The van der Waals surface area contributed by atoms with Crippen LogP contribution in [0, 0.1) is 41.4 Å². The SMILES string of the molecule is CCCCC[C@@H]1C(=O)C[C@@H](c2ccc(O)c(OC)c2)[C@@H](Cc2ccccc2)C#C[C@H]2CN[C@H]3CCC[C@@H]4C=Cc5cc(O)c(O)cc5[C@]34[C@@H]2[C@H]1O. The maximum Gasteiger partial charge on any atom is 0.160 e. The predicted octanol–water partition coefficient (Wildman–Crippen LogP) is 7.26. The summed E-state index contributed by atoms with van der Waals surface area (Å²) < 4.78 is 5.52. The van der Waals surface area contributed by atoms with Crippen molar-refractivity contribution in [3.8, 4) is 34.8 Å². The molecule has 268 valence electrons. The van der Waals surface area contributed by atoms with Crippen LogP contribution in [0.2, 0.25) is 0 Å². The minimum Gasteiger partial charge on any atom is -0.504 e. The van der Waals surface area contributed by atoms with E-state index in [2.05, 4.69) is 42.3 Å². The summed E-state index contributed by atoms with van der Waals surface area (Å²) in [4.78, 5) is 15.0. The highest BCUT2D eigenvalue weighted by molar-refractivity contribution is 5.83. The Morgan fingerprint density at radius 3 is 2.55 bits per heavy atom. The van der Waals surface area contributed by atoms with Gasteiger partial charge in [0.1, 0.15) is 5.78 Å². The molecular formula is C44H51NO6. The highest BCUT2D eigenvalue weighted by atomic mass is 16.5. The Kier molecular flexibility index (Phi) is 10.2. The lowest BCUT2D eigenvalue weighted by atomic mass is 9.46. The first-order valence-electron chi connectivity index (χ1n) is 18.9. The number of phenols is 3. The number of unbranched alkanes of at least 4 members (excludes halogenated alkanes) is 2. The number of fused-ring (bicyclic) bond motifs is 2. The highest BCUT2D eigenvalue weighted by Gasteiger charge is 2.62. The molecule has 9 atom stereocenters. The molecule has 3 aromatic rings. The van der Waals surface area contributed by atoms with Crippen molar-refractivity contribution in [1.29, 1.82) is 0 Å². The van der Waals surface area contributed by atoms with Gasteiger partial charge in [-0.3, -0.25) is 4.79 Å². The number of phenolic OH excluding ortho intramolecular Hbond substituents is 3. The molecule has 3 aromatic carbocycles. The van der Waals surface area contributed by atoms with E-state index < -0.39 is 17.4 Å². The zero-order chi connectivity index (χ0) is 35.7. The number of hydrogen-bond acceptors (Lipinski definition) is 7. The summed E-state index contributed by atoms with van der Waals surface area (Å²) in [5.41, 5.74) is 3.13. The molecule has 0 radical (unpaired) electrons. The first kappa shape index (κ1) is 35.2. The number of ether oxygens (including phenoxy) is 1. The molecule has 2 fully saturated rings. The van der Waals surface area contributed by atoms with Crippen LogP contribution in [0.15, 0.2) is 66.7 Å². The van der Waals surface area contributed by atoms with Crippen LogP contribution in [0.4, 0.5) is 0 Å². The molecule has 7 heteroatoms. The zero-order valence-electron chi connectivity index (χ0n) is 29.7. The molecule has 0 amide bonds. The predicted molar refractivity (Wildman–Crippen MR) is 199 cm³/mol. The first-order chi connectivity index (χ1) is 24.8. The van der Waals surface area contributed by atoms with Crippen molar-refractivity contribution in [3.63, 3.8) is 0 Å². The number of methoxy groups -OCH3 is 1. The van der Waals surface area contributed by atoms with Gasteiger partial charge >= 0.3 is 0 Å². The maximum atomic E-state index is 15.0. The summed E-state index contributed by atoms with van der Waals surface area (Å²) in [5.74, 6) is 5.85. The van der Waals surface area contributed by atoms with E-state index in [1.165, 1.54) is 7.11 Å². The number of hydrogen-bond donors (Lipinski definition) is 5. The minimum atomic E-state index is -0.963. The van der Waals surface area contributed by atoms with Crippen LogP contribution < -0.4 is 10.1 Å². The van der Waals surface area contributed by atoms with Gasteiger partial charge in [-0.05, 0) is 78.1 Å². The lowest BCUT2D eigenvalue weighted by Gasteiger charge is -2.61. The molecule has 1 saturated heterocycles. The van der Waals surface area contributed by atoms with E-state index in [-0.39, 0.29) is 65.1 Å². The summed E-state index contributed by atoms with van der Waals surface area (Å²) >= 11 is 0. The Morgan fingerprint density at radius 2 is 1.76 bits per heavy atom. The molecule has 7 rings (SSSR count). The number of nitrogens with one attached hydrogen (secondary N) is 1. The molecule has 1 spiro atoms. The largest absolute Gasteiger partial charge is 0.504 e. The standard InChI is InChI=1S/C44H51NO6/c1-3-4-6-13-33-37(47)24-34(29-18-20-36(46)40(23-29)51-2)28(21-27-10-7-5-8-11-27)15-16-31-26-45-41-14-9-12-32-19-17-30-22-38(48)39(49)25-35(30)44(32,41)42(31)43(33)50/h5,7-8,10-11,17-20,22-23,25,28,31-34,41-43,45-46,48-50H,3-4,6,9,12-14,21,24,26H2,1-2H3/t28-,31+,32-,33-,34-,41+,42+,43+,44+/m1/s1. The van der Waals surface area contributed by atoms with Crippen LogP contribution >= 0.6 is 0 Å². The van der Waals surface area contributed by atoms with Crippen molar-refractivity contribution in [2.45, 2.75) is 88.2 Å². The third kappa shape index (κ3) is 6.42. The number of piperidine rings is 1. The van der Waals surface area contributed by atoms with Gasteiger partial charge in [-0.15, -0.1) is 0 Å². The van der Waals surface area contributed by atoms with Crippen LogP contribution in [0.5, 0.6) is 23.0 Å². The molecule has 1 aliphatic heterocycles. The Labute approximate surface area is 301 Å². The van der Waals surface area contributed by atoms with Crippen LogP contribution in [-0.2, 0) is 16.6 Å². The summed E-state index contributed by atoms with van der Waals surface area (Å²) in [6.45, 7) is 2.73. The normalized spacial score (nSPS) is 31.2. The number of aliphatic hydroxyl groups is 1. The van der Waals surface area contributed by atoms with Crippen LogP contribution in [0.3, 0.4) is 0 Å². The van der Waals surface area contributed by atoms with Crippen LogP contribution in [0.25, 0.3) is 6.08 Å². The topological polar surface area (TPSA) is 119 Å². The fourth-order valence-electron chi connectivity index (χ4n) is 10.1. The van der Waals surface area contributed by atoms with Gasteiger partial charge in [0, 0.05) is 54.0 Å². The maximum absolute atomic E-state index is 15.0.